The van der Waals surface area contributed by atoms with Crippen molar-refractivity contribution in [3.63, 3.8) is 0 Å². The van der Waals surface area contributed by atoms with Gasteiger partial charge < -0.3 is 19.1 Å². The van der Waals surface area contributed by atoms with Crippen LogP contribution in [0.4, 0.5) is 0 Å². The van der Waals surface area contributed by atoms with Crippen molar-refractivity contribution in [2.45, 2.75) is 64.6 Å². The van der Waals surface area contributed by atoms with Crippen LogP contribution in [-0.4, -0.2) is 40.6 Å². The number of cyclic esters (lactones) is 1. The number of hydrogen-bond acceptors (Lipinski definition) is 7. The van der Waals surface area contributed by atoms with Crippen LogP contribution >= 0.6 is 11.6 Å². The second kappa shape index (κ2) is 9.07. The number of carbonyl (C=O) groups is 2. The number of ether oxygens (including phenoxy) is 2. The number of esters is 2. The molecule has 1 N–H and O–H groups in total. The second-order valence-electron chi connectivity index (χ2n) is 10.4. The topological polar surface area (TPSA) is 108 Å². The van der Waals surface area contributed by atoms with Crippen LogP contribution in [0.1, 0.15) is 43.4 Å². The molecule has 4 heterocycles. The van der Waals surface area contributed by atoms with Crippen LogP contribution in [-0.2, 0) is 33.1 Å². The minimum absolute atomic E-state index is 0.0856. The Balaban J connectivity index is 1.80. The third-order valence-corrected chi connectivity index (χ3v) is 11.3. The van der Waals surface area contributed by atoms with Gasteiger partial charge >= 0.3 is 11.9 Å². The number of hydrogen-bond donors (Lipinski definition) is 1. The van der Waals surface area contributed by atoms with Gasteiger partial charge in [0.1, 0.15) is 12.4 Å². The maximum Gasteiger partial charge on any atom is 0.343 e. The number of halogens is 1. The Kier molecular flexibility index (Phi) is 6.29. The van der Waals surface area contributed by atoms with Gasteiger partial charge in [0, 0.05) is 23.8 Å². The summed E-state index contributed by atoms with van der Waals surface area (Å²) >= 11 is 6.08. The van der Waals surface area contributed by atoms with Gasteiger partial charge in [0.2, 0.25) is 0 Å². The number of aliphatic hydroxyl groups is 1. The summed E-state index contributed by atoms with van der Waals surface area (Å²) in [7, 11) is -2.13. The number of benzene rings is 1. The molecule has 2 aromatic heterocycles. The summed E-state index contributed by atoms with van der Waals surface area (Å²) in [5.41, 5.74) is 1.34. The highest BCUT2D eigenvalue weighted by Crippen LogP contribution is 2.39. The second-order valence-corrected chi connectivity index (χ2v) is 15.5. The predicted molar refractivity (Wildman–Crippen MR) is 143 cm³/mol. The van der Waals surface area contributed by atoms with E-state index in [1.54, 1.807) is 23.6 Å². The monoisotopic (exact) mass is 540 g/mol. The molecule has 10 heteroatoms. The molecule has 2 aliphatic rings. The van der Waals surface area contributed by atoms with Crippen molar-refractivity contribution in [3.05, 3.63) is 51.3 Å². The highest BCUT2D eigenvalue weighted by atomic mass is 35.5. The number of nitrogens with zero attached hydrogens (tertiary/aromatic N) is 2. The lowest BCUT2D eigenvalue weighted by Gasteiger charge is -2.31. The number of alkyl halides is 1. The Labute approximate surface area is 220 Å². The van der Waals surface area contributed by atoms with E-state index in [1.807, 2.05) is 12.1 Å². The van der Waals surface area contributed by atoms with Gasteiger partial charge in [-0.05, 0) is 47.9 Å². The van der Waals surface area contributed by atoms with E-state index in [0.717, 1.165) is 34.1 Å². The Bertz CT molecular complexity index is 1530. The van der Waals surface area contributed by atoms with Crippen LogP contribution in [0.25, 0.3) is 22.3 Å². The molecular formula is C27H29ClN2O6Si. The van der Waals surface area contributed by atoms with E-state index in [2.05, 4.69) is 13.1 Å². The van der Waals surface area contributed by atoms with Gasteiger partial charge in [0.25, 0.3) is 5.56 Å². The summed E-state index contributed by atoms with van der Waals surface area (Å²) in [6.07, 6.45) is 0.940. The number of fused-ring (bicyclic) bond motifs is 5. The molecule has 0 bridgehead atoms. The summed E-state index contributed by atoms with van der Waals surface area (Å²) in [5, 5.41) is 13.2. The molecule has 0 amide bonds. The molecule has 0 spiro atoms. The van der Waals surface area contributed by atoms with Crippen molar-refractivity contribution < 1.29 is 24.2 Å². The average Bonchev–Trinajstić information content (AvgIpc) is 3.21. The van der Waals surface area contributed by atoms with E-state index in [4.69, 9.17) is 26.1 Å². The SMILES string of the molecule is CC[C@@]1(O)C(=O)OCc2c1cc1n(c2=O)Cc2c-1nc1ccc(OC(C)=O)cc1c2[Si](C)(C)CCCCl. The lowest BCUT2D eigenvalue weighted by atomic mass is 9.86. The van der Waals surface area contributed by atoms with Crippen LogP contribution in [0.5, 0.6) is 5.75 Å². The van der Waals surface area contributed by atoms with Gasteiger partial charge in [-0.15, -0.1) is 11.6 Å². The van der Waals surface area contributed by atoms with Crippen molar-refractivity contribution in [3.8, 4) is 17.1 Å². The first-order valence-electron chi connectivity index (χ1n) is 12.4. The van der Waals surface area contributed by atoms with Gasteiger partial charge in [-0.1, -0.05) is 26.1 Å². The van der Waals surface area contributed by atoms with Gasteiger partial charge in [0.05, 0.1) is 37.1 Å². The van der Waals surface area contributed by atoms with Crippen LogP contribution in [0.2, 0.25) is 19.1 Å². The molecule has 194 valence electrons. The van der Waals surface area contributed by atoms with E-state index in [1.165, 1.54) is 6.92 Å². The smallest absolute Gasteiger partial charge is 0.343 e. The van der Waals surface area contributed by atoms with Crippen molar-refractivity contribution in [1.82, 2.24) is 9.55 Å². The molecule has 0 fully saturated rings. The zero-order valence-corrected chi connectivity index (χ0v) is 23.1. The zero-order chi connectivity index (χ0) is 26.7. The molecule has 0 aliphatic carbocycles. The van der Waals surface area contributed by atoms with Gasteiger partial charge in [-0.25, -0.2) is 9.78 Å². The fourth-order valence-electron chi connectivity index (χ4n) is 5.69. The zero-order valence-electron chi connectivity index (χ0n) is 21.3. The maximum atomic E-state index is 13.7. The van der Waals surface area contributed by atoms with E-state index in [9.17, 15) is 19.5 Å². The molecule has 0 radical (unpaired) electrons. The molecule has 2 aliphatic heterocycles. The minimum atomic E-state index is -2.13. The quantitative estimate of drug-likeness (QED) is 0.172. The number of pyridine rings is 2. The number of aromatic nitrogens is 2. The van der Waals surface area contributed by atoms with Crippen molar-refractivity contribution in [1.29, 1.82) is 0 Å². The Morgan fingerprint density at radius 1 is 1.27 bits per heavy atom. The molecule has 1 aromatic carbocycles. The van der Waals surface area contributed by atoms with E-state index >= 15 is 0 Å². The van der Waals surface area contributed by atoms with Crippen LogP contribution in [0.15, 0.2) is 29.1 Å². The normalized spacial score (nSPS) is 18.3. The Morgan fingerprint density at radius 3 is 2.70 bits per heavy atom. The highest BCUT2D eigenvalue weighted by Gasteiger charge is 2.46. The van der Waals surface area contributed by atoms with E-state index < -0.39 is 25.6 Å². The highest BCUT2D eigenvalue weighted by molar-refractivity contribution is 6.91. The largest absolute Gasteiger partial charge is 0.458 e. The Hall–Kier alpha value is -3.01. The summed E-state index contributed by atoms with van der Waals surface area (Å²) in [6.45, 7) is 7.74. The maximum absolute atomic E-state index is 13.7. The molecule has 37 heavy (non-hydrogen) atoms. The Morgan fingerprint density at radius 2 is 2.03 bits per heavy atom. The van der Waals surface area contributed by atoms with Crippen LogP contribution in [0, 0.1) is 0 Å². The minimum Gasteiger partial charge on any atom is -0.458 e. The first-order valence-corrected chi connectivity index (χ1v) is 16.1. The first-order chi connectivity index (χ1) is 17.5. The summed E-state index contributed by atoms with van der Waals surface area (Å²) in [5.74, 6) is -0.156. The number of rotatable bonds is 6. The summed E-state index contributed by atoms with van der Waals surface area (Å²) < 4.78 is 12.2. The van der Waals surface area contributed by atoms with Crippen LogP contribution in [0.3, 0.4) is 0 Å². The molecule has 0 saturated carbocycles. The van der Waals surface area contributed by atoms with Crippen molar-refractivity contribution in [2.24, 2.45) is 0 Å². The van der Waals surface area contributed by atoms with Gasteiger partial charge in [-0.2, -0.15) is 0 Å². The fraction of sp³-hybridized carbons (Fsp3) is 0.407. The predicted octanol–water partition coefficient (Wildman–Crippen LogP) is 3.55. The lowest BCUT2D eigenvalue weighted by molar-refractivity contribution is -0.172. The van der Waals surface area contributed by atoms with Crippen LogP contribution < -0.4 is 15.5 Å². The number of carbonyl (C=O) groups excluding carboxylic acids is 2. The van der Waals surface area contributed by atoms with Gasteiger partial charge in [-0.3, -0.25) is 9.59 Å². The summed E-state index contributed by atoms with van der Waals surface area (Å²) in [6, 6.07) is 8.05. The van der Waals surface area contributed by atoms with E-state index in [0.29, 0.717) is 40.7 Å². The third kappa shape index (κ3) is 4.00. The van der Waals surface area contributed by atoms with Crippen molar-refractivity contribution >= 4 is 47.7 Å². The molecule has 5 rings (SSSR count). The molecule has 3 aromatic rings. The fourth-order valence-corrected chi connectivity index (χ4v) is 9.31. The molecule has 8 nitrogen and oxygen atoms in total. The molecular weight excluding hydrogens is 512 g/mol. The lowest BCUT2D eigenvalue weighted by Crippen LogP contribution is -2.45. The average molecular weight is 541 g/mol. The van der Waals surface area contributed by atoms with E-state index in [-0.39, 0.29) is 18.6 Å². The molecule has 0 saturated heterocycles. The molecule has 1 atom stereocenters. The molecule has 0 unspecified atom stereocenters. The summed E-state index contributed by atoms with van der Waals surface area (Å²) in [4.78, 5) is 42.7. The standard InChI is InChI=1S/C27H29ClN2O6Si/c1-5-27(34)20-12-22-23-18(13-30(22)25(32)19(20)14-35-26(27)33)24(37(3,4)10-6-9-28)17-11-16(36-15(2)31)7-8-21(17)29-23/h7-8,11-12,34H,5-6,9-10,13-14H2,1-4H3/t27-/m0/s1. The third-order valence-electron chi connectivity index (χ3n) is 7.53. The first kappa shape index (κ1) is 25.6. The van der Waals surface area contributed by atoms with Crippen molar-refractivity contribution in [2.75, 3.05) is 5.88 Å². The van der Waals surface area contributed by atoms with Gasteiger partial charge in [0.15, 0.2) is 5.60 Å².